The molecule has 0 spiro atoms. The smallest absolute Gasteiger partial charge is 0.224 e. The van der Waals surface area contributed by atoms with Crippen LogP contribution in [-0.4, -0.2) is 24.1 Å². The number of rotatable bonds is 6. The Morgan fingerprint density at radius 3 is 2.17 bits per heavy atom. The monoisotopic (exact) mass is 326 g/mol. The first-order chi connectivity index (χ1) is 11.2. The summed E-state index contributed by atoms with van der Waals surface area (Å²) in [7, 11) is 1.53. The molecule has 0 unspecified atom stereocenters. The Balaban J connectivity index is 1.92. The molecule has 0 amide bonds. The summed E-state index contributed by atoms with van der Waals surface area (Å²) in [6.07, 6.45) is 2.54. The number of fused-ring (bicyclic) bond motifs is 3. The highest BCUT2D eigenvalue weighted by Gasteiger charge is 2.27. The van der Waals surface area contributed by atoms with Gasteiger partial charge in [-0.2, -0.15) is 0 Å². The van der Waals surface area contributed by atoms with Gasteiger partial charge >= 0.3 is 0 Å². The average Bonchev–Trinajstić information content (AvgIpc) is 2.89. The van der Waals surface area contributed by atoms with Crippen LogP contribution in [0.25, 0.3) is 11.1 Å². The molecule has 3 nitrogen and oxygen atoms in total. The van der Waals surface area contributed by atoms with Crippen LogP contribution in [0.3, 0.4) is 0 Å². The second kappa shape index (κ2) is 6.94. The van der Waals surface area contributed by atoms with Crippen molar-refractivity contribution < 1.29 is 14.6 Å². The second-order valence-corrected chi connectivity index (χ2v) is 5.77. The molecule has 23 heavy (non-hydrogen) atoms. The molecule has 0 heterocycles. The highest BCUT2D eigenvalue weighted by atomic mass is 32.1. The fourth-order valence-electron chi connectivity index (χ4n) is 3.07. The Kier molecular flexibility index (Phi) is 4.74. The summed E-state index contributed by atoms with van der Waals surface area (Å²) >= 11 is 4.83. The number of methoxy groups -OCH3 is 1. The number of thiocarbonyl (C=S) groups is 1. The highest BCUT2D eigenvalue weighted by Crippen LogP contribution is 2.46. The van der Waals surface area contributed by atoms with Crippen molar-refractivity contribution in [3.63, 3.8) is 0 Å². The molecule has 0 fully saturated rings. The van der Waals surface area contributed by atoms with E-state index in [1.165, 1.54) is 29.4 Å². The third-order valence-corrected chi connectivity index (χ3v) is 4.25. The zero-order valence-electron chi connectivity index (χ0n) is 12.9. The number of aliphatic hydroxyl groups excluding tert-OH is 1. The molecule has 1 aliphatic rings. The summed E-state index contributed by atoms with van der Waals surface area (Å²) in [6.45, 7) is 0.0599. The molecule has 2 aromatic rings. The average molecular weight is 326 g/mol. The van der Waals surface area contributed by atoms with Gasteiger partial charge in [0.25, 0.3) is 0 Å². The molecule has 2 aromatic carbocycles. The number of benzene rings is 2. The van der Waals surface area contributed by atoms with E-state index in [-0.39, 0.29) is 17.8 Å². The summed E-state index contributed by atoms with van der Waals surface area (Å²) in [5.74, 6) is 0.529. The van der Waals surface area contributed by atoms with Gasteiger partial charge in [-0.15, -0.1) is 0 Å². The van der Waals surface area contributed by atoms with Crippen LogP contribution in [0.5, 0.6) is 0 Å². The lowest BCUT2D eigenvalue weighted by Gasteiger charge is -2.13. The van der Waals surface area contributed by atoms with Crippen molar-refractivity contribution in [2.75, 3.05) is 13.9 Å². The summed E-state index contributed by atoms with van der Waals surface area (Å²) in [6, 6.07) is 16.8. The summed E-state index contributed by atoms with van der Waals surface area (Å²) < 4.78 is 10.2. The molecule has 118 valence electrons. The minimum atomic E-state index is -0.249. The Morgan fingerprint density at radius 1 is 1.09 bits per heavy atom. The van der Waals surface area contributed by atoms with E-state index in [9.17, 15) is 5.11 Å². The largest absolute Gasteiger partial charge is 0.496 e. The van der Waals surface area contributed by atoms with E-state index in [4.69, 9.17) is 21.7 Å². The van der Waals surface area contributed by atoms with E-state index in [0.29, 0.717) is 12.2 Å². The molecular weight excluding hydrogens is 308 g/mol. The molecule has 1 aliphatic carbocycles. The summed E-state index contributed by atoms with van der Waals surface area (Å²) in [5.41, 5.74) is 5.12. The van der Waals surface area contributed by atoms with Crippen molar-refractivity contribution in [2.24, 2.45) is 0 Å². The van der Waals surface area contributed by atoms with E-state index >= 15 is 0 Å². The Labute approximate surface area is 141 Å². The Morgan fingerprint density at radius 2 is 1.65 bits per heavy atom. The van der Waals surface area contributed by atoms with Crippen LogP contribution in [0.4, 0.5) is 0 Å². The van der Waals surface area contributed by atoms with E-state index < -0.39 is 0 Å². The van der Waals surface area contributed by atoms with Crippen molar-refractivity contribution in [2.45, 2.75) is 12.3 Å². The lowest BCUT2D eigenvalue weighted by molar-refractivity contribution is 0.0107. The molecule has 0 aromatic heterocycles. The number of allylic oxidation sites excluding steroid dienone is 1. The summed E-state index contributed by atoms with van der Waals surface area (Å²) in [4.78, 5) is 0. The molecule has 3 rings (SSSR count). The third-order valence-electron chi connectivity index (χ3n) is 4.04. The number of hydrogen-bond acceptors (Lipinski definition) is 3. The predicted octanol–water partition coefficient (Wildman–Crippen LogP) is 4.58. The van der Waals surface area contributed by atoms with Crippen molar-refractivity contribution in [3.8, 4) is 11.1 Å². The van der Waals surface area contributed by atoms with Gasteiger partial charge < -0.3 is 14.6 Å². The first-order valence-corrected chi connectivity index (χ1v) is 7.86. The molecule has 0 saturated heterocycles. The number of aliphatic hydroxyl groups is 1. The van der Waals surface area contributed by atoms with Crippen LogP contribution in [0.15, 0.2) is 60.4 Å². The van der Waals surface area contributed by atoms with Gasteiger partial charge in [0.05, 0.1) is 0 Å². The van der Waals surface area contributed by atoms with Gasteiger partial charge in [-0.1, -0.05) is 48.5 Å². The van der Waals surface area contributed by atoms with Gasteiger partial charge in [-0.05, 0) is 47.0 Å². The first kappa shape index (κ1) is 15.7. The number of hydrogen-bond donors (Lipinski definition) is 1. The molecule has 0 aliphatic heterocycles. The lowest BCUT2D eigenvalue weighted by atomic mass is 9.93. The van der Waals surface area contributed by atoms with Crippen molar-refractivity contribution in [1.29, 1.82) is 0 Å². The SMILES string of the molecule is COCOC(=CCC1c2ccccc2-c2ccccc21)C(O)=S. The maximum Gasteiger partial charge on any atom is 0.224 e. The maximum absolute atomic E-state index is 9.59. The Bertz CT molecular complexity index is 706. The van der Waals surface area contributed by atoms with Gasteiger partial charge in [0.15, 0.2) is 12.6 Å². The van der Waals surface area contributed by atoms with Gasteiger partial charge in [0.2, 0.25) is 5.05 Å². The van der Waals surface area contributed by atoms with Crippen LogP contribution < -0.4 is 0 Å². The topological polar surface area (TPSA) is 38.7 Å². The van der Waals surface area contributed by atoms with Crippen molar-refractivity contribution in [1.82, 2.24) is 0 Å². The van der Waals surface area contributed by atoms with E-state index in [1.54, 1.807) is 0 Å². The van der Waals surface area contributed by atoms with Gasteiger partial charge in [0, 0.05) is 13.0 Å². The standard InChI is InChI=1S/C19H18O3S/c1-21-12-22-18(19(20)23)11-10-17-15-8-4-2-6-13(15)14-7-3-5-9-16(14)17/h2-9,11,17H,10,12H2,1H3,(H,20,23). The predicted molar refractivity (Wildman–Crippen MR) is 94.6 cm³/mol. The minimum absolute atomic E-state index is 0.0599. The number of ether oxygens (including phenoxy) is 2. The minimum Gasteiger partial charge on any atom is -0.496 e. The third kappa shape index (κ3) is 3.14. The van der Waals surface area contributed by atoms with Gasteiger partial charge in [-0.25, -0.2) is 0 Å². The van der Waals surface area contributed by atoms with Crippen LogP contribution in [0.1, 0.15) is 23.5 Å². The first-order valence-electron chi connectivity index (χ1n) is 7.45. The second-order valence-electron chi connectivity index (χ2n) is 5.39. The molecule has 0 bridgehead atoms. The molecule has 0 saturated carbocycles. The zero-order valence-corrected chi connectivity index (χ0v) is 13.7. The maximum atomic E-state index is 9.59. The normalized spacial score (nSPS) is 13.5. The van der Waals surface area contributed by atoms with E-state index in [0.717, 1.165) is 0 Å². The fourth-order valence-corrected chi connectivity index (χ4v) is 3.21. The van der Waals surface area contributed by atoms with E-state index in [2.05, 4.69) is 48.5 Å². The quantitative estimate of drug-likeness (QED) is 0.365. The fraction of sp³-hybridized carbons (Fsp3) is 0.211. The van der Waals surface area contributed by atoms with Crippen molar-refractivity contribution >= 4 is 17.3 Å². The zero-order chi connectivity index (χ0) is 16.2. The van der Waals surface area contributed by atoms with Crippen LogP contribution in [-0.2, 0) is 9.47 Å². The van der Waals surface area contributed by atoms with Crippen molar-refractivity contribution in [3.05, 3.63) is 71.5 Å². The molecule has 0 radical (unpaired) electrons. The highest BCUT2D eigenvalue weighted by molar-refractivity contribution is 7.80. The molecule has 1 N–H and O–H groups in total. The molecule has 4 heteroatoms. The van der Waals surface area contributed by atoms with Crippen LogP contribution in [0.2, 0.25) is 0 Å². The Hall–Kier alpha value is -2.17. The van der Waals surface area contributed by atoms with Crippen LogP contribution >= 0.6 is 12.2 Å². The molecular formula is C19H18O3S. The van der Waals surface area contributed by atoms with Gasteiger partial charge in [0.1, 0.15) is 0 Å². The summed E-state index contributed by atoms with van der Waals surface area (Å²) in [5, 5.41) is 9.34. The lowest BCUT2D eigenvalue weighted by Crippen LogP contribution is -2.06. The van der Waals surface area contributed by atoms with E-state index in [1.807, 2.05) is 6.08 Å². The van der Waals surface area contributed by atoms with Crippen LogP contribution in [0, 0.1) is 0 Å². The van der Waals surface area contributed by atoms with Gasteiger partial charge in [-0.3, -0.25) is 0 Å². The molecule has 0 atom stereocenters.